The predicted octanol–water partition coefficient (Wildman–Crippen LogP) is 1.57. The number of nitrogens with zero attached hydrogens (tertiary/aromatic N) is 2. The van der Waals surface area contributed by atoms with Gasteiger partial charge in [0.1, 0.15) is 11.9 Å². The van der Waals surface area contributed by atoms with Crippen molar-refractivity contribution in [1.82, 2.24) is 9.55 Å². The Hall–Kier alpha value is -1.63. The first-order chi connectivity index (χ1) is 7.91. The van der Waals surface area contributed by atoms with Gasteiger partial charge in [-0.15, -0.1) is 0 Å². The van der Waals surface area contributed by atoms with Crippen molar-refractivity contribution in [2.45, 2.75) is 13.0 Å². The number of rotatable bonds is 2. The standard InChI is InChI=1S/C10H10BrFN4O/c1-4(9(13)17)16-8-3-6(12)5(11)2-7(8)15-10(16)14/h2-4H,1H3,(H2,13,17)(H2,14,15). The van der Waals surface area contributed by atoms with Crippen molar-refractivity contribution in [2.75, 3.05) is 5.73 Å². The topological polar surface area (TPSA) is 86.9 Å². The van der Waals surface area contributed by atoms with Crippen LogP contribution in [0.4, 0.5) is 10.3 Å². The molecule has 7 heteroatoms. The van der Waals surface area contributed by atoms with E-state index in [1.54, 1.807) is 6.92 Å². The number of imidazole rings is 1. The Kier molecular flexibility index (Phi) is 2.78. The van der Waals surface area contributed by atoms with Crippen LogP contribution in [0.15, 0.2) is 16.6 Å². The highest BCUT2D eigenvalue weighted by Crippen LogP contribution is 2.27. The third-order valence-corrected chi connectivity index (χ3v) is 3.17. The second kappa shape index (κ2) is 3.99. The van der Waals surface area contributed by atoms with Crippen LogP contribution < -0.4 is 11.5 Å². The number of halogens is 2. The zero-order chi connectivity index (χ0) is 12.7. The maximum Gasteiger partial charge on any atom is 0.240 e. The number of carbonyl (C=O) groups excluding carboxylic acids is 1. The molecular weight excluding hydrogens is 291 g/mol. The molecule has 0 bridgehead atoms. The molecule has 0 radical (unpaired) electrons. The molecule has 90 valence electrons. The lowest BCUT2D eigenvalue weighted by Crippen LogP contribution is -2.24. The Morgan fingerprint density at radius 2 is 2.24 bits per heavy atom. The van der Waals surface area contributed by atoms with Crippen LogP contribution >= 0.6 is 15.9 Å². The third kappa shape index (κ3) is 1.86. The van der Waals surface area contributed by atoms with Gasteiger partial charge in [0, 0.05) is 6.07 Å². The summed E-state index contributed by atoms with van der Waals surface area (Å²) in [5.74, 6) is -0.876. The fourth-order valence-electron chi connectivity index (χ4n) is 1.64. The van der Waals surface area contributed by atoms with Crippen LogP contribution in [0.1, 0.15) is 13.0 Å². The van der Waals surface area contributed by atoms with Crippen molar-refractivity contribution in [3.05, 3.63) is 22.4 Å². The van der Waals surface area contributed by atoms with Gasteiger partial charge in [-0.2, -0.15) is 0 Å². The van der Waals surface area contributed by atoms with Crippen LogP contribution in [0.25, 0.3) is 11.0 Å². The minimum Gasteiger partial charge on any atom is -0.369 e. The van der Waals surface area contributed by atoms with Crippen molar-refractivity contribution in [3.8, 4) is 0 Å². The van der Waals surface area contributed by atoms with E-state index in [-0.39, 0.29) is 5.95 Å². The Labute approximate surface area is 105 Å². The van der Waals surface area contributed by atoms with Gasteiger partial charge in [-0.1, -0.05) is 0 Å². The van der Waals surface area contributed by atoms with Gasteiger partial charge in [0.25, 0.3) is 0 Å². The van der Waals surface area contributed by atoms with Gasteiger partial charge in [-0.05, 0) is 28.9 Å². The maximum atomic E-state index is 13.5. The maximum absolute atomic E-state index is 13.5. The summed E-state index contributed by atoms with van der Waals surface area (Å²) in [5.41, 5.74) is 11.9. The fraction of sp³-hybridized carbons (Fsp3) is 0.200. The number of aromatic nitrogens is 2. The zero-order valence-electron chi connectivity index (χ0n) is 8.95. The summed E-state index contributed by atoms with van der Waals surface area (Å²) >= 11 is 3.06. The number of fused-ring (bicyclic) bond motifs is 1. The molecule has 1 aromatic carbocycles. The van der Waals surface area contributed by atoms with E-state index in [0.717, 1.165) is 0 Å². The number of amides is 1. The highest BCUT2D eigenvalue weighted by molar-refractivity contribution is 9.10. The first-order valence-corrected chi connectivity index (χ1v) is 5.63. The van der Waals surface area contributed by atoms with Crippen LogP contribution in [0, 0.1) is 5.82 Å². The van der Waals surface area contributed by atoms with Crippen molar-refractivity contribution in [3.63, 3.8) is 0 Å². The zero-order valence-corrected chi connectivity index (χ0v) is 10.5. The van der Waals surface area contributed by atoms with Crippen molar-refractivity contribution < 1.29 is 9.18 Å². The van der Waals surface area contributed by atoms with Crippen molar-refractivity contribution >= 4 is 38.8 Å². The third-order valence-electron chi connectivity index (χ3n) is 2.56. The second-order valence-corrected chi connectivity index (χ2v) is 4.53. The van der Waals surface area contributed by atoms with E-state index >= 15 is 0 Å². The molecule has 0 saturated heterocycles. The van der Waals surface area contributed by atoms with Crippen LogP contribution in [0.5, 0.6) is 0 Å². The summed E-state index contributed by atoms with van der Waals surface area (Å²) in [4.78, 5) is 15.2. The van der Waals surface area contributed by atoms with Gasteiger partial charge < -0.3 is 11.5 Å². The molecule has 1 amide bonds. The van der Waals surface area contributed by atoms with E-state index in [4.69, 9.17) is 11.5 Å². The molecule has 2 aromatic rings. The van der Waals surface area contributed by atoms with Gasteiger partial charge in [-0.25, -0.2) is 9.37 Å². The van der Waals surface area contributed by atoms with Crippen LogP contribution in [0.3, 0.4) is 0 Å². The highest BCUT2D eigenvalue weighted by Gasteiger charge is 2.19. The van der Waals surface area contributed by atoms with Crippen LogP contribution in [-0.2, 0) is 4.79 Å². The van der Waals surface area contributed by atoms with Gasteiger partial charge in [-0.3, -0.25) is 9.36 Å². The van der Waals surface area contributed by atoms with Crippen LogP contribution in [-0.4, -0.2) is 15.5 Å². The quantitative estimate of drug-likeness (QED) is 0.882. The molecule has 17 heavy (non-hydrogen) atoms. The summed E-state index contributed by atoms with van der Waals surface area (Å²) in [7, 11) is 0. The second-order valence-electron chi connectivity index (χ2n) is 3.67. The number of carbonyl (C=O) groups is 1. The van der Waals surface area contributed by atoms with E-state index in [1.165, 1.54) is 16.7 Å². The lowest BCUT2D eigenvalue weighted by molar-refractivity contribution is -0.120. The molecule has 1 unspecified atom stereocenters. The van der Waals surface area contributed by atoms with Crippen molar-refractivity contribution in [1.29, 1.82) is 0 Å². The molecule has 0 fully saturated rings. The summed E-state index contributed by atoms with van der Waals surface area (Å²) in [6.07, 6.45) is 0. The lowest BCUT2D eigenvalue weighted by Gasteiger charge is -2.12. The monoisotopic (exact) mass is 300 g/mol. The molecule has 4 N–H and O–H groups in total. The van der Waals surface area contributed by atoms with E-state index in [9.17, 15) is 9.18 Å². The van der Waals surface area contributed by atoms with Gasteiger partial charge in [0.2, 0.25) is 11.9 Å². The number of primary amides is 1. The molecule has 0 aliphatic carbocycles. The molecule has 2 rings (SSSR count). The molecule has 1 aromatic heterocycles. The molecule has 0 aliphatic rings. The SMILES string of the molecule is CC(C(N)=O)n1c(N)nc2cc(Br)c(F)cc21. The van der Waals surface area contributed by atoms with Crippen molar-refractivity contribution in [2.24, 2.45) is 5.73 Å². The average molecular weight is 301 g/mol. The van der Waals surface area contributed by atoms with Gasteiger partial charge >= 0.3 is 0 Å². The van der Waals surface area contributed by atoms with E-state index in [1.807, 2.05) is 0 Å². The van der Waals surface area contributed by atoms with E-state index < -0.39 is 17.8 Å². The minimum atomic E-state index is -0.680. The number of hydrogen-bond acceptors (Lipinski definition) is 3. The first kappa shape index (κ1) is 11.8. The predicted molar refractivity (Wildman–Crippen MR) is 65.7 cm³/mol. The number of hydrogen-bond donors (Lipinski definition) is 2. The molecular formula is C10H10BrFN4O. The molecule has 0 saturated carbocycles. The highest BCUT2D eigenvalue weighted by atomic mass is 79.9. The molecule has 5 nitrogen and oxygen atoms in total. The molecule has 1 atom stereocenters. The lowest BCUT2D eigenvalue weighted by atomic mass is 10.2. The Balaban J connectivity index is 2.75. The smallest absolute Gasteiger partial charge is 0.240 e. The Bertz CT molecular complexity index is 610. The average Bonchev–Trinajstić information content (AvgIpc) is 2.53. The first-order valence-electron chi connectivity index (χ1n) is 4.83. The molecule has 0 aliphatic heterocycles. The number of benzene rings is 1. The largest absolute Gasteiger partial charge is 0.369 e. The van der Waals surface area contributed by atoms with Gasteiger partial charge in [0.05, 0.1) is 15.5 Å². The number of nitrogen functional groups attached to an aromatic ring is 1. The fourth-order valence-corrected chi connectivity index (χ4v) is 1.97. The molecule has 1 heterocycles. The number of nitrogens with two attached hydrogens (primary N) is 2. The van der Waals surface area contributed by atoms with E-state index in [2.05, 4.69) is 20.9 Å². The summed E-state index contributed by atoms with van der Waals surface area (Å²) in [6.45, 7) is 1.58. The Morgan fingerprint density at radius 1 is 1.59 bits per heavy atom. The van der Waals surface area contributed by atoms with Gasteiger partial charge in [0.15, 0.2) is 0 Å². The Morgan fingerprint density at radius 3 is 2.82 bits per heavy atom. The minimum absolute atomic E-state index is 0.129. The number of anilines is 1. The summed E-state index contributed by atoms with van der Waals surface area (Å²) in [6, 6.07) is 2.09. The van der Waals surface area contributed by atoms with Crippen LogP contribution in [0.2, 0.25) is 0 Å². The summed E-state index contributed by atoms with van der Waals surface area (Å²) < 4.78 is 15.2. The van der Waals surface area contributed by atoms with E-state index in [0.29, 0.717) is 15.5 Å². The summed E-state index contributed by atoms with van der Waals surface area (Å²) in [5, 5.41) is 0. The molecule has 0 spiro atoms. The normalized spacial score (nSPS) is 12.9.